The fourth-order valence-electron chi connectivity index (χ4n) is 2.57. The van der Waals surface area contributed by atoms with E-state index in [1.54, 1.807) is 6.20 Å². The molecule has 2 heterocycles. The van der Waals surface area contributed by atoms with E-state index >= 15 is 0 Å². The van der Waals surface area contributed by atoms with Crippen LogP contribution in [0, 0.1) is 13.8 Å². The number of pyridine rings is 1. The van der Waals surface area contributed by atoms with Crippen molar-refractivity contribution in [3.63, 3.8) is 0 Å². The molecule has 0 fully saturated rings. The largest absolute Gasteiger partial charge is 0.359 e. The summed E-state index contributed by atoms with van der Waals surface area (Å²) in [6.07, 6.45) is 6.39. The number of aryl methyl sites for hydroxylation is 2. The van der Waals surface area contributed by atoms with Crippen LogP contribution in [0.25, 0.3) is 0 Å². The van der Waals surface area contributed by atoms with E-state index in [-0.39, 0.29) is 0 Å². The number of hydrogen-bond donors (Lipinski definition) is 1. The number of likely N-dealkylation sites (N-methyl/N-ethyl adjacent to an activating group) is 1. The summed E-state index contributed by atoms with van der Waals surface area (Å²) in [6, 6.07) is 12.3. The zero-order chi connectivity index (χ0) is 17.6. The van der Waals surface area contributed by atoms with E-state index in [9.17, 15) is 0 Å². The maximum atomic E-state index is 4.64. The second kappa shape index (κ2) is 7.75. The molecule has 0 saturated heterocycles. The van der Waals surface area contributed by atoms with Crippen LogP contribution in [0.2, 0.25) is 0 Å². The van der Waals surface area contributed by atoms with Gasteiger partial charge >= 0.3 is 0 Å². The van der Waals surface area contributed by atoms with Gasteiger partial charge in [0.1, 0.15) is 5.82 Å². The minimum atomic E-state index is 0.613. The van der Waals surface area contributed by atoms with Crippen LogP contribution in [-0.2, 0) is 6.42 Å². The second-order valence-electron chi connectivity index (χ2n) is 6.21. The molecule has 1 N–H and O–H groups in total. The Balaban J connectivity index is 1.69. The van der Waals surface area contributed by atoms with Crippen LogP contribution in [0.5, 0.6) is 0 Å². The van der Waals surface area contributed by atoms with Crippen molar-refractivity contribution in [2.45, 2.75) is 20.3 Å². The number of aromatic nitrogens is 3. The van der Waals surface area contributed by atoms with E-state index in [0.29, 0.717) is 5.95 Å². The zero-order valence-electron chi connectivity index (χ0n) is 14.9. The van der Waals surface area contributed by atoms with Gasteiger partial charge in [-0.05, 0) is 61.2 Å². The van der Waals surface area contributed by atoms with Crippen LogP contribution in [0.15, 0.2) is 55.0 Å². The number of anilines is 3. The molecule has 0 aliphatic carbocycles. The summed E-state index contributed by atoms with van der Waals surface area (Å²) in [5, 5.41) is 3.32. The highest BCUT2D eigenvalue weighted by atomic mass is 15.2. The van der Waals surface area contributed by atoms with E-state index in [1.807, 2.05) is 37.6 Å². The first-order valence-corrected chi connectivity index (χ1v) is 8.39. The quantitative estimate of drug-likeness (QED) is 0.741. The first-order valence-electron chi connectivity index (χ1n) is 8.39. The zero-order valence-corrected chi connectivity index (χ0v) is 14.9. The molecule has 128 valence electrons. The monoisotopic (exact) mass is 333 g/mol. The van der Waals surface area contributed by atoms with Crippen molar-refractivity contribution in [1.29, 1.82) is 0 Å². The molecule has 0 spiro atoms. The van der Waals surface area contributed by atoms with Gasteiger partial charge < -0.3 is 10.2 Å². The van der Waals surface area contributed by atoms with Gasteiger partial charge in [0.2, 0.25) is 5.95 Å². The third-order valence-corrected chi connectivity index (χ3v) is 4.16. The normalized spacial score (nSPS) is 10.5. The molecule has 5 heteroatoms. The molecule has 0 atom stereocenters. The Kier molecular flexibility index (Phi) is 5.23. The van der Waals surface area contributed by atoms with Gasteiger partial charge in [-0.3, -0.25) is 4.98 Å². The number of benzene rings is 1. The highest BCUT2D eigenvalue weighted by molar-refractivity contribution is 5.60. The summed E-state index contributed by atoms with van der Waals surface area (Å²) in [4.78, 5) is 15.2. The average molecular weight is 333 g/mol. The Morgan fingerprint density at radius 1 is 1.00 bits per heavy atom. The van der Waals surface area contributed by atoms with Crippen LogP contribution in [0.4, 0.5) is 17.5 Å². The summed E-state index contributed by atoms with van der Waals surface area (Å²) in [5.74, 6) is 1.51. The van der Waals surface area contributed by atoms with Crippen molar-refractivity contribution in [1.82, 2.24) is 15.0 Å². The number of nitrogens with one attached hydrogen (secondary N) is 1. The molecule has 0 amide bonds. The average Bonchev–Trinajstić information content (AvgIpc) is 2.64. The molecule has 0 radical (unpaired) electrons. The van der Waals surface area contributed by atoms with Crippen LogP contribution >= 0.6 is 0 Å². The third kappa shape index (κ3) is 4.53. The van der Waals surface area contributed by atoms with Gasteiger partial charge in [-0.15, -0.1) is 0 Å². The van der Waals surface area contributed by atoms with Gasteiger partial charge in [-0.25, -0.2) is 4.98 Å². The maximum absolute atomic E-state index is 4.64. The molecule has 0 aliphatic heterocycles. The van der Waals surface area contributed by atoms with E-state index in [2.05, 4.69) is 57.2 Å². The summed E-state index contributed by atoms with van der Waals surface area (Å²) in [7, 11) is 2.05. The third-order valence-electron chi connectivity index (χ3n) is 4.16. The number of hydrogen-bond acceptors (Lipinski definition) is 5. The van der Waals surface area contributed by atoms with Crippen LogP contribution in [-0.4, -0.2) is 28.5 Å². The van der Waals surface area contributed by atoms with Crippen molar-refractivity contribution in [2.75, 3.05) is 23.8 Å². The highest BCUT2D eigenvalue weighted by Gasteiger charge is 2.07. The van der Waals surface area contributed by atoms with E-state index in [4.69, 9.17) is 0 Å². The Bertz CT molecular complexity index is 832. The predicted octanol–water partition coefficient (Wildman–Crippen LogP) is 3.91. The molecule has 3 aromatic rings. The van der Waals surface area contributed by atoms with Crippen molar-refractivity contribution in [2.24, 2.45) is 0 Å². The highest BCUT2D eigenvalue weighted by Crippen LogP contribution is 2.21. The van der Waals surface area contributed by atoms with Crippen molar-refractivity contribution in [3.05, 3.63) is 71.7 Å². The summed E-state index contributed by atoms with van der Waals surface area (Å²) in [6.45, 7) is 5.03. The molecule has 0 unspecified atom stereocenters. The summed E-state index contributed by atoms with van der Waals surface area (Å²) < 4.78 is 0. The molecule has 5 nitrogen and oxygen atoms in total. The molecule has 3 rings (SSSR count). The van der Waals surface area contributed by atoms with Gasteiger partial charge in [0.05, 0.1) is 0 Å². The molecule has 0 aliphatic rings. The first-order chi connectivity index (χ1) is 12.1. The minimum Gasteiger partial charge on any atom is -0.359 e. The Morgan fingerprint density at radius 3 is 2.60 bits per heavy atom. The van der Waals surface area contributed by atoms with Crippen molar-refractivity contribution < 1.29 is 0 Å². The summed E-state index contributed by atoms with van der Waals surface area (Å²) in [5.41, 5.74) is 4.69. The number of nitrogens with zero attached hydrogens (tertiary/aromatic N) is 4. The molecule has 2 aromatic heterocycles. The standard InChI is InChI=1S/C20H23N5/c1-15-4-5-16(2)18(14-15)23-20-22-12-8-19(24-20)25(3)13-9-17-6-10-21-11-7-17/h4-8,10-12,14H,9,13H2,1-3H3,(H,22,23,24). The molecule has 0 saturated carbocycles. The van der Waals surface area contributed by atoms with Gasteiger partial charge in [0.15, 0.2) is 0 Å². The fourth-order valence-corrected chi connectivity index (χ4v) is 2.57. The topological polar surface area (TPSA) is 53.9 Å². The van der Waals surface area contributed by atoms with Crippen molar-refractivity contribution >= 4 is 17.5 Å². The molecule has 25 heavy (non-hydrogen) atoms. The van der Waals surface area contributed by atoms with E-state index in [0.717, 1.165) is 24.5 Å². The smallest absolute Gasteiger partial charge is 0.229 e. The van der Waals surface area contributed by atoms with Gasteiger partial charge in [0.25, 0.3) is 0 Å². The number of rotatable bonds is 6. The lowest BCUT2D eigenvalue weighted by atomic mass is 10.1. The minimum absolute atomic E-state index is 0.613. The lowest BCUT2D eigenvalue weighted by Crippen LogP contribution is -2.21. The Hall–Kier alpha value is -2.95. The lowest BCUT2D eigenvalue weighted by molar-refractivity contribution is 0.855. The fraction of sp³-hybridized carbons (Fsp3) is 0.250. The van der Waals surface area contributed by atoms with Crippen LogP contribution in [0.3, 0.4) is 0 Å². The lowest BCUT2D eigenvalue weighted by Gasteiger charge is -2.19. The molecule has 1 aromatic carbocycles. The van der Waals surface area contributed by atoms with E-state index < -0.39 is 0 Å². The van der Waals surface area contributed by atoms with Gasteiger partial charge in [0, 0.05) is 37.9 Å². The van der Waals surface area contributed by atoms with E-state index in [1.165, 1.54) is 16.7 Å². The SMILES string of the molecule is Cc1ccc(C)c(Nc2nccc(N(C)CCc3ccncc3)n2)c1. The maximum Gasteiger partial charge on any atom is 0.229 e. The van der Waals surface area contributed by atoms with Gasteiger partial charge in [-0.2, -0.15) is 4.98 Å². The second-order valence-corrected chi connectivity index (χ2v) is 6.21. The predicted molar refractivity (Wildman–Crippen MR) is 102 cm³/mol. The van der Waals surface area contributed by atoms with Crippen LogP contribution < -0.4 is 10.2 Å². The van der Waals surface area contributed by atoms with Gasteiger partial charge in [-0.1, -0.05) is 12.1 Å². The Morgan fingerprint density at radius 2 is 1.80 bits per heavy atom. The Labute approximate surface area is 148 Å². The summed E-state index contributed by atoms with van der Waals surface area (Å²) >= 11 is 0. The molecule has 0 bridgehead atoms. The van der Waals surface area contributed by atoms with Crippen LogP contribution in [0.1, 0.15) is 16.7 Å². The molecular formula is C20H23N5. The van der Waals surface area contributed by atoms with Crippen molar-refractivity contribution in [3.8, 4) is 0 Å². The first kappa shape index (κ1) is 16.9. The molecular weight excluding hydrogens is 310 g/mol.